The fourth-order valence-electron chi connectivity index (χ4n) is 2.62. The lowest BCUT2D eigenvalue weighted by Gasteiger charge is -2.14. The van der Waals surface area contributed by atoms with Crippen molar-refractivity contribution >= 4 is 15.5 Å². The average molecular weight is 357 g/mol. The van der Waals surface area contributed by atoms with Crippen molar-refractivity contribution < 1.29 is 13.5 Å². The number of hydrogen-bond donors (Lipinski definition) is 2. The zero-order valence-corrected chi connectivity index (χ0v) is 14.7. The molecule has 2 aromatic carbocycles. The molecule has 25 heavy (non-hydrogen) atoms. The van der Waals surface area contributed by atoms with Crippen LogP contribution in [0.4, 0.5) is 5.69 Å². The number of aromatic hydroxyl groups is 1. The van der Waals surface area contributed by atoms with E-state index in [0.717, 1.165) is 11.3 Å². The van der Waals surface area contributed by atoms with Gasteiger partial charge in [0.05, 0.1) is 28.7 Å². The predicted octanol–water partition coefficient (Wildman–Crippen LogP) is 3.15. The largest absolute Gasteiger partial charge is 0.508 e. The Kier molecular flexibility index (Phi) is 4.50. The normalized spacial score (nSPS) is 12.7. The molecule has 0 saturated heterocycles. The van der Waals surface area contributed by atoms with E-state index in [1.807, 2.05) is 13.0 Å². The Morgan fingerprint density at radius 1 is 1.16 bits per heavy atom. The van der Waals surface area contributed by atoms with Gasteiger partial charge in [0.15, 0.2) is 9.84 Å². The van der Waals surface area contributed by atoms with Gasteiger partial charge in [-0.25, -0.2) is 13.1 Å². The molecule has 1 unspecified atom stereocenters. The maximum atomic E-state index is 11.9. The van der Waals surface area contributed by atoms with Crippen LogP contribution in [0.15, 0.2) is 65.8 Å². The summed E-state index contributed by atoms with van der Waals surface area (Å²) in [5.41, 5.74) is 2.19. The zero-order chi connectivity index (χ0) is 18.0. The first-order valence-electron chi connectivity index (χ1n) is 7.74. The van der Waals surface area contributed by atoms with Gasteiger partial charge in [-0.15, -0.1) is 0 Å². The fourth-order valence-corrected chi connectivity index (χ4v) is 3.48. The number of hydrogen-bond acceptors (Lipinski definition) is 5. The lowest BCUT2D eigenvalue weighted by atomic mass is 10.1. The summed E-state index contributed by atoms with van der Waals surface area (Å²) in [5, 5.41) is 17.1. The summed E-state index contributed by atoms with van der Waals surface area (Å²) in [6.07, 6.45) is 4.56. The number of sulfone groups is 1. The van der Waals surface area contributed by atoms with Crippen molar-refractivity contribution in [1.82, 2.24) is 9.78 Å². The molecule has 2 N–H and O–H groups in total. The Morgan fingerprint density at radius 3 is 2.64 bits per heavy atom. The topological polar surface area (TPSA) is 84.2 Å². The first kappa shape index (κ1) is 17.0. The van der Waals surface area contributed by atoms with Gasteiger partial charge in [0.1, 0.15) is 5.75 Å². The third-order valence-corrected chi connectivity index (χ3v) is 4.99. The van der Waals surface area contributed by atoms with Gasteiger partial charge in [-0.2, -0.15) is 5.10 Å². The molecule has 0 aliphatic rings. The van der Waals surface area contributed by atoms with Crippen LogP contribution in [0.1, 0.15) is 18.5 Å². The molecule has 7 heteroatoms. The molecule has 0 aliphatic carbocycles. The first-order chi connectivity index (χ1) is 11.8. The SMILES string of the molecule is CC(Nc1cnn(-c2ccccc2S(C)(=O)=O)c1)c1cccc(O)c1. The number of nitrogens with zero attached hydrogens (tertiary/aromatic N) is 2. The van der Waals surface area contributed by atoms with Gasteiger partial charge < -0.3 is 10.4 Å². The number of aromatic nitrogens is 2. The molecule has 0 amide bonds. The van der Waals surface area contributed by atoms with Crippen LogP contribution in [-0.4, -0.2) is 29.6 Å². The highest BCUT2D eigenvalue weighted by Gasteiger charge is 2.15. The smallest absolute Gasteiger partial charge is 0.177 e. The minimum absolute atomic E-state index is 0.0464. The molecule has 0 fully saturated rings. The highest BCUT2D eigenvalue weighted by atomic mass is 32.2. The van der Waals surface area contributed by atoms with Crippen LogP contribution in [0.5, 0.6) is 5.75 Å². The van der Waals surface area contributed by atoms with Crippen LogP contribution in [0, 0.1) is 0 Å². The summed E-state index contributed by atoms with van der Waals surface area (Å²) in [6, 6.07) is 13.7. The maximum absolute atomic E-state index is 11.9. The van der Waals surface area contributed by atoms with Gasteiger partial charge in [0.2, 0.25) is 0 Å². The molecule has 0 aliphatic heterocycles. The monoisotopic (exact) mass is 357 g/mol. The quantitative estimate of drug-likeness (QED) is 0.733. The van der Waals surface area contributed by atoms with E-state index in [-0.39, 0.29) is 16.7 Å². The molecule has 130 valence electrons. The molecule has 0 saturated carbocycles. The van der Waals surface area contributed by atoms with Crippen LogP contribution in [0.2, 0.25) is 0 Å². The highest BCUT2D eigenvalue weighted by molar-refractivity contribution is 7.90. The maximum Gasteiger partial charge on any atom is 0.177 e. The predicted molar refractivity (Wildman–Crippen MR) is 96.8 cm³/mol. The Labute approximate surface area is 146 Å². The number of rotatable bonds is 5. The number of phenolic OH excluding ortho intramolecular Hbond substituents is 1. The molecule has 3 rings (SSSR count). The molecular weight excluding hydrogens is 338 g/mol. The van der Waals surface area contributed by atoms with Gasteiger partial charge in [-0.1, -0.05) is 24.3 Å². The molecule has 1 aromatic heterocycles. The van der Waals surface area contributed by atoms with E-state index in [9.17, 15) is 13.5 Å². The molecular formula is C18H19N3O3S. The summed E-state index contributed by atoms with van der Waals surface area (Å²) in [5.74, 6) is 0.212. The van der Waals surface area contributed by atoms with Crippen LogP contribution < -0.4 is 5.32 Å². The van der Waals surface area contributed by atoms with Crippen molar-refractivity contribution in [2.24, 2.45) is 0 Å². The lowest BCUT2D eigenvalue weighted by molar-refractivity contribution is 0.474. The Bertz CT molecular complexity index is 996. The summed E-state index contributed by atoms with van der Waals surface area (Å²) in [6.45, 7) is 1.97. The van der Waals surface area contributed by atoms with E-state index < -0.39 is 9.84 Å². The molecule has 3 aromatic rings. The standard InChI is InChI=1S/C18H19N3O3S/c1-13(14-6-5-7-16(22)10-14)20-15-11-19-21(12-15)17-8-3-4-9-18(17)25(2,23)24/h3-13,20,22H,1-2H3. The van der Waals surface area contributed by atoms with Crippen molar-refractivity contribution in [3.8, 4) is 11.4 Å². The van der Waals surface area contributed by atoms with E-state index in [4.69, 9.17) is 0 Å². The van der Waals surface area contributed by atoms with Crippen molar-refractivity contribution in [2.75, 3.05) is 11.6 Å². The van der Waals surface area contributed by atoms with Gasteiger partial charge >= 0.3 is 0 Å². The molecule has 0 spiro atoms. The van der Waals surface area contributed by atoms with E-state index in [1.165, 1.54) is 10.9 Å². The first-order valence-corrected chi connectivity index (χ1v) is 9.63. The second kappa shape index (κ2) is 6.60. The second-order valence-electron chi connectivity index (χ2n) is 5.87. The van der Waals surface area contributed by atoms with Gasteiger partial charge in [-0.3, -0.25) is 0 Å². The minimum Gasteiger partial charge on any atom is -0.508 e. The summed E-state index contributed by atoms with van der Waals surface area (Å²) < 4.78 is 25.4. The molecule has 6 nitrogen and oxygen atoms in total. The summed E-state index contributed by atoms with van der Waals surface area (Å²) >= 11 is 0. The van der Waals surface area contributed by atoms with Crippen LogP contribution in [0.3, 0.4) is 0 Å². The summed E-state index contributed by atoms with van der Waals surface area (Å²) in [7, 11) is -3.35. The van der Waals surface area contributed by atoms with E-state index >= 15 is 0 Å². The lowest BCUT2D eigenvalue weighted by Crippen LogP contribution is -2.06. The number of para-hydroxylation sites is 1. The van der Waals surface area contributed by atoms with Crippen LogP contribution in [-0.2, 0) is 9.84 Å². The van der Waals surface area contributed by atoms with Gasteiger partial charge in [0, 0.05) is 12.3 Å². The van der Waals surface area contributed by atoms with Crippen molar-refractivity contribution in [2.45, 2.75) is 17.9 Å². The molecule has 0 radical (unpaired) electrons. The number of benzene rings is 2. The van der Waals surface area contributed by atoms with E-state index in [2.05, 4.69) is 10.4 Å². The third kappa shape index (κ3) is 3.83. The fraction of sp³-hybridized carbons (Fsp3) is 0.167. The van der Waals surface area contributed by atoms with Crippen LogP contribution >= 0.6 is 0 Å². The number of anilines is 1. The van der Waals surface area contributed by atoms with E-state index in [0.29, 0.717) is 5.69 Å². The number of phenols is 1. The van der Waals surface area contributed by atoms with E-state index in [1.54, 1.807) is 54.9 Å². The zero-order valence-electron chi connectivity index (χ0n) is 13.9. The van der Waals surface area contributed by atoms with Crippen LogP contribution in [0.25, 0.3) is 5.69 Å². The molecule has 1 atom stereocenters. The van der Waals surface area contributed by atoms with Gasteiger partial charge in [-0.05, 0) is 36.8 Å². The van der Waals surface area contributed by atoms with Crippen molar-refractivity contribution in [1.29, 1.82) is 0 Å². The minimum atomic E-state index is -3.35. The Morgan fingerprint density at radius 2 is 1.92 bits per heavy atom. The molecule has 0 bridgehead atoms. The average Bonchev–Trinajstić information content (AvgIpc) is 3.02. The Balaban J connectivity index is 1.87. The number of nitrogens with one attached hydrogen (secondary N) is 1. The highest BCUT2D eigenvalue weighted by Crippen LogP contribution is 2.24. The summed E-state index contributed by atoms with van der Waals surface area (Å²) in [4.78, 5) is 0.227. The van der Waals surface area contributed by atoms with Crippen molar-refractivity contribution in [3.05, 3.63) is 66.5 Å². The molecule has 1 heterocycles. The third-order valence-electron chi connectivity index (χ3n) is 3.85. The Hall–Kier alpha value is -2.80. The second-order valence-corrected chi connectivity index (χ2v) is 7.86. The van der Waals surface area contributed by atoms with Crippen molar-refractivity contribution in [3.63, 3.8) is 0 Å². The van der Waals surface area contributed by atoms with Gasteiger partial charge in [0.25, 0.3) is 0 Å².